The Balaban J connectivity index is 1.42. The number of methoxy groups -OCH3 is 1. The largest absolute Gasteiger partial charge is 0.497 e. The lowest BCUT2D eigenvalue weighted by Gasteiger charge is -2.23. The molecule has 6 rings (SSSR count). The Labute approximate surface area is 250 Å². The number of rotatable bonds is 11. The van der Waals surface area contributed by atoms with Crippen LogP contribution in [0.2, 0.25) is 0 Å². The Bertz CT molecular complexity index is 1870. The highest BCUT2D eigenvalue weighted by atomic mass is 16.5. The predicted octanol–water partition coefficient (Wildman–Crippen LogP) is 5.07. The number of hydrogen-bond donors (Lipinski definition) is 4. The van der Waals surface area contributed by atoms with E-state index >= 15 is 0 Å². The first-order valence-corrected chi connectivity index (χ1v) is 14.5. The summed E-state index contributed by atoms with van der Waals surface area (Å²) < 4.78 is 7.71. The number of nitrogens with two attached hydrogens (primary N) is 1. The summed E-state index contributed by atoms with van der Waals surface area (Å²) in [5.74, 6) is 1.94. The van der Waals surface area contributed by atoms with Crippen LogP contribution >= 0.6 is 0 Å². The van der Waals surface area contributed by atoms with E-state index in [2.05, 4.69) is 56.4 Å². The summed E-state index contributed by atoms with van der Waals surface area (Å²) in [5, 5.41) is 14.9. The van der Waals surface area contributed by atoms with Crippen LogP contribution in [-0.2, 0) is 24.2 Å². The second kappa shape index (κ2) is 11.8. The summed E-state index contributed by atoms with van der Waals surface area (Å²) in [6, 6.07) is 24.5. The van der Waals surface area contributed by atoms with Crippen LogP contribution in [0.25, 0.3) is 21.8 Å². The third-order valence-corrected chi connectivity index (χ3v) is 7.98. The smallest absolute Gasteiger partial charge is 0.239 e. The van der Waals surface area contributed by atoms with Crippen LogP contribution in [0.15, 0.2) is 85.2 Å². The number of aromatic amines is 2. The molecule has 0 fully saturated rings. The fraction of sp³-hybridized carbons (Fsp3) is 0.265. The van der Waals surface area contributed by atoms with E-state index in [-0.39, 0.29) is 11.8 Å². The normalized spacial score (nSPS) is 12.6. The van der Waals surface area contributed by atoms with Crippen molar-refractivity contribution < 1.29 is 9.53 Å². The van der Waals surface area contributed by atoms with Gasteiger partial charge in [0.05, 0.1) is 25.1 Å². The van der Waals surface area contributed by atoms with Crippen molar-refractivity contribution in [1.82, 2.24) is 30.0 Å². The third kappa shape index (κ3) is 5.89. The number of ether oxygens (including phenoxy) is 1. The van der Waals surface area contributed by atoms with Gasteiger partial charge in [-0.15, -0.1) is 10.2 Å². The maximum Gasteiger partial charge on any atom is 0.239 e. The number of carbonyl (C=O) groups is 1. The number of H-pyrrole nitrogens is 2. The Hall–Kier alpha value is -4.89. The molecule has 3 heterocycles. The maximum absolute atomic E-state index is 12.9. The molecule has 6 aromatic rings. The molecule has 0 aliphatic carbocycles. The number of aromatic nitrogens is 5. The molecule has 1 amide bonds. The van der Waals surface area contributed by atoms with Crippen LogP contribution in [0, 0.1) is 0 Å². The molecule has 0 aliphatic rings. The van der Waals surface area contributed by atoms with Crippen LogP contribution in [0.3, 0.4) is 0 Å². The average molecular weight is 576 g/mol. The molecule has 0 bridgehead atoms. The van der Waals surface area contributed by atoms with E-state index in [9.17, 15) is 4.79 Å². The lowest BCUT2D eigenvalue weighted by Crippen LogP contribution is -2.50. The van der Waals surface area contributed by atoms with Gasteiger partial charge in [-0.05, 0) is 61.2 Å². The molecule has 3 aromatic carbocycles. The van der Waals surface area contributed by atoms with Crippen molar-refractivity contribution >= 4 is 27.7 Å². The van der Waals surface area contributed by atoms with E-state index in [0.29, 0.717) is 19.5 Å². The van der Waals surface area contributed by atoms with Gasteiger partial charge in [0.15, 0.2) is 0 Å². The number of nitrogens with one attached hydrogen (secondary N) is 3. The summed E-state index contributed by atoms with van der Waals surface area (Å²) in [7, 11) is 1.67. The van der Waals surface area contributed by atoms with Crippen molar-refractivity contribution in [2.75, 3.05) is 13.7 Å². The Morgan fingerprint density at radius 2 is 1.67 bits per heavy atom. The number of amides is 1. The minimum atomic E-state index is -1.01. The summed E-state index contributed by atoms with van der Waals surface area (Å²) in [5.41, 5.74) is 10.6. The first-order valence-electron chi connectivity index (χ1n) is 14.5. The highest BCUT2D eigenvalue weighted by Crippen LogP contribution is 2.31. The summed E-state index contributed by atoms with van der Waals surface area (Å²) in [6.45, 7) is 4.28. The standard InChI is InChI=1S/C34H37N7O2/c1-34(2,35)33(42)38-20-28(27-19-37-30-14-7-5-12-26(27)30)32-40-39-31(41(32)21-22-9-8-10-24(17-22)43-3)16-15-23-18-36-29-13-6-4-11-25(23)29/h4-14,17-19,28,36-37H,15-16,20-21,35H2,1-3H3,(H,38,42). The fourth-order valence-corrected chi connectivity index (χ4v) is 5.65. The fourth-order valence-electron chi connectivity index (χ4n) is 5.65. The van der Waals surface area contributed by atoms with E-state index in [4.69, 9.17) is 20.7 Å². The topological polar surface area (TPSA) is 127 Å². The Kier molecular flexibility index (Phi) is 7.73. The van der Waals surface area contributed by atoms with Crippen molar-refractivity contribution in [3.63, 3.8) is 0 Å². The number of hydrogen-bond acceptors (Lipinski definition) is 5. The van der Waals surface area contributed by atoms with Crippen molar-refractivity contribution in [2.24, 2.45) is 5.73 Å². The third-order valence-electron chi connectivity index (χ3n) is 7.98. The van der Waals surface area contributed by atoms with Gasteiger partial charge >= 0.3 is 0 Å². The van der Waals surface area contributed by atoms with Gasteiger partial charge < -0.3 is 30.3 Å². The number of carbonyl (C=O) groups excluding carboxylic acids is 1. The number of benzene rings is 3. The predicted molar refractivity (Wildman–Crippen MR) is 169 cm³/mol. The molecule has 0 saturated heterocycles. The van der Waals surface area contributed by atoms with Crippen LogP contribution in [-0.4, -0.2) is 49.8 Å². The van der Waals surface area contributed by atoms with Crippen molar-refractivity contribution in [3.8, 4) is 5.75 Å². The molecule has 3 aromatic heterocycles. The van der Waals surface area contributed by atoms with Gasteiger partial charge in [-0.1, -0.05) is 48.5 Å². The van der Waals surface area contributed by atoms with E-state index in [1.54, 1.807) is 21.0 Å². The molecule has 1 unspecified atom stereocenters. The number of fused-ring (bicyclic) bond motifs is 2. The zero-order valence-corrected chi connectivity index (χ0v) is 24.7. The van der Waals surface area contributed by atoms with Crippen molar-refractivity contribution in [2.45, 2.75) is 44.7 Å². The van der Waals surface area contributed by atoms with Crippen LogP contribution in [0.4, 0.5) is 0 Å². The van der Waals surface area contributed by atoms with E-state index in [1.807, 2.05) is 48.7 Å². The summed E-state index contributed by atoms with van der Waals surface area (Å²) in [4.78, 5) is 19.7. The highest BCUT2D eigenvalue weighted by molar-refractivity contribution is 5.86. The monoisotopic (exact) mass is 575 g/mol. The highest BCUT2D eigenvalue weighted by Gasteiger charge is 2.29. The molecule has 0 aliphatic heterocycles. The minimum absolute atomic E-state index is 0.226. The van der Waals surface area contributed by atoms with Crippen LogP contribution in [0.1, 0.15) is 48.1 Å². The lowest BCUT2D eigenvalue weighted by atomic mass is 9.96. The molecule has 0 radical (unpaired) electrons. The second-order valence-electron chi connectivity index (χ2n) is 11.5. The van der Waals surface area contributed by atoms with Crippen LogP contribution in [0.5, 0.6) is 5.75 Å². The summed E-state index contributed by atoms with van der Waals surface area (Å²) in [6.07, 6.45) is 5.58. The quantitative estimate of drug-likeness (QED) is 0.172. The molecule has 0 spiro atoms. The zero-order valence-electron chi connectivity index (χ0n) is 24.7. The maximum atomic E-state index is 12.9. The number of para-hydroxylation sites is 2. The molecule has 43 heavy (non-hydrogen) atoms. The molecule has 9 nitrogen and oxygen atoms in total. The molecule has 5 N–H and O–H groups in total. The number of aryl methyl sites for hydroxylation is 2. The SMILES string of the molecule is COc1cccc(Cn2c(CCc3c[nH]c4ccccc34)nnc2C(CNC(=O)C(C)(C)N)c2c[nH]c3ccccc23)c1. The Morgan fingerprint density at radius 3 is 2.44 bits per heavy atom. The second-order valence-corrected chi connectivity index (χ2v) is 11.5. The van der Waals surface area contributed by atoms with E-state index in [1.165, 1.54) is 10.9 Å². The lowest BCUT2D eigenvalue weighted by molar-refractivity contribution is -0.125. The van der Waals surface area contributed by atoms with E-state index < -0.39 is 5.54 Å². The molecular formula is C34H37N7O2. The van der Waals surface area contributed by atoms with Gasteiger partial charge in [-0.25, -0.2) is 0 Å². The van der Waals surface area contributed by atoms with Gasteiger partial charge in [0.25, 0.3) is 0 Å². The first kappa shape index (κ1) is 28.2. The molecule has 1 atom stereocenters. The molecule has 0 saturated carbocycles. The van der Waals surface area contributed by atoms with Gasteiger partial charge in [-0.2, -0.15) is 0 Å². The van der Waals surface area contributed by atoms with Gasteiger partial charge in [0.1, 0.15) is 17.4 Å². The molecule has 9 heteroatoms. The number of nitrogens with zero attached hydrogens (tertiary/aromatic N) is 3. The molecule has 220 valence electrons. The van der Waals surface area contributed by atoms with Crippen LogP contribution < -0.4 is 15.8 Å². The summed E-state index contributed by atoms with van der Waals surface area (Å²) >= 11 is 0. The van der Waals surface area contributed by atoms with Gasteiger partial charge in [0.2, 0.25) is 5.91 Å². The zero-order chi connectivity index (χ0) is 30.0. The van der Waals surface area contributed by atoms with Crippen molar-refractivity contribution in [1.29, 1.82) is 0 Å². The molecular weight excluding hydrogens is 538 g/mol. The van der Waals surface area contributed by atoms with Gasteiger partial charge in [-0.3, -0.25) is 4.79 Å². The Morgan fingerprint density at radius 1 is 0.953 bits per heavy atom. The first-order chi connectivity index (χ1) is 20.8. The van der Waals surface area contributed by atoms with Gasteiger partial charge in [0, 0.05) is 47.2 Å². The average Bonchev–Trinajstić information content (AvgIpc) is 3.73. The van der Waals surface area contributed by atoms with E-state index in [0.717, 1.165) is 51.4 Å². The minimum Gasteiger partial charge on any atom is -0.497 e. The van der Waals surface area contributed by atoms with Crippen molar-refractivity contribution in [3.05, 3.63) is 114 Å².